The highest BCUT2D eigenvalue weighted by Crippen LogP contribution is 2.51. The molecule has 3 rings (SSSR count). The molecular formula is C21H35N5O11S. The van der Waals surface area contributed by atoms with E-state index in [1.807, 2.05) is 0 Å². The van der Waals surface area contributed by atoms with Crippen LogP contribution in [0.1, 0.15) is 31.9 Å². The van der Waals surface area contributed by atoms with Crippen molar-refractivity contribution in [1.29, 1.82) is 0 Å². The normalized spacial score (nSPS) is 21.9. The van der Waals surface area contributed by atoms with E-state index in [2.05, 4.69) is 16.0 Å². The van der Waals surface area contributed by atoms with Crippen LogP contribution < -0.4 is 21.7 Å². The predicted molar refractivity (Wildman–Crippen MR) is 136 cm³/mol. The van der Waals surface area contributed by atoms with Gasteiger partial charge in [-0.3, -0.25) is 29.8 Å². The van der Waals surface area contributed by atoms with E-state index in [1.54, 1.807) is 13.8 Å². The maximum absolute atomic E-state index is 13.1. The van der Waals surface area contributed by atoms with Crippen LogP contribution in [0, 0.1) is 0 Å². The number of hydrogen-bond acceptors (Lipinski definition) is 9. The summed E-state index contributed by atoms with van der Waals surface area (Å²) >= 11 is 1.31. The summed E-state index contributed by atoms with van der Waals surface area (Å²) < 4.78 is -0.746. The molecule has 0 aromatic heterocycles. The summed E-state index contributed by atoms with van der Waals surface area (Å²) in [5.74, 6) is -3.93. The van der Waals surface area contributed by atoms with Crippen molar-refractivity contribution in [2.75, 3.05) is 7.05 Å². The van der Waals surface area contributed by atoms with Gasteiger partial charge in [-0.15, -0.1) is 11.8 Å². The Morgan fingerprint density at radius 3 is 2.11 bits per heavy atom. The Bertz CT molecular complexity index is 1020. The van der Waals surface area contributed by atoms with E-state index < -0.39 is 63.9 Å². The van der Waals surface area contributed by atoms with Gasteiger partial charge in [-0.2, -0.15) is 0 Å². The second kappa shape index (κ2) is 14.0. The number of nitrogens with one attached hydrogen (secondary N) is 3. The molecule has 2 saturated heterocycles. The summed E-state index contributed by atoms with van der Waals surface area (Å²) in [6, 6.07) is 1.52. The third-order valence-corrected chi connectivity index (χ3v) is 7.40. The van der Waals surface area contributed by atoms with Crippen molar-refractivity contribution in [2.24, 2.45) is 5.73 Å². The standard InChI is InChI=1S/C21H27N5O7S.4H2O/c1-21(2)15(20(32)33)26-18(31)14(19(26)34-21)24-13(9-4-6-10(27)7-5-9)17(30)25-16(29)11(23-3)8-12(22)28;;;;/h4-7,11,13-15,19,23-24,27H,8H2,1-3H3,(H2,22,28)(H,32,33)(H,25,29,30);4*1H2/t11-,13+,14-,15+,19?;;;;/m1..../s1. The number of hydrogen-bond donors (Lipinski definition) is 6. The quantitative estimate of drug-likeness (QED) is 0.155. The van der Waals surface area contributed by atoms with Crippen LogP contribution >= 0.6 is 11.8 Å². The Kier molecular flexibility index (Phi) is 13.6. The van der Waals surface area contributed by atoms with E-state index in [4.69, 9.17) is 5.73 Å². The maximum Gasteiger partial charge on any atom is 0.327 e. The lowest BCUT2D eigenvalue weighted by molar-refractivity contribution is -0.160. The number of benzene rings is 1. The van der Waals surface area contributed by atoms with Crippen molar-refractivity contribution in [3.05, 3.63) is 29.8 Å². The molecule has 17 heteroatoms. The SMILES string of the molecule is CN[C@H](CC(N)=O)C(=O)NC(=O)[C@@H](N[C@@H]1C(=O)N2C1SC(C)(C)[C@@H]2C(=O)O)c1ccc(O)cc1.O.O.O.O. The first-order valence-corrected chi connectivity index (χ1v) is 11.3. The van der Waals surface area contributed by atoms with Crippen molar-refractivity contribution in [2.45, 2.75) is 54.6 Å². The van der Waals surface area contributed by atoms with Gasteiger partial charge in [0.25, 0.3) is 0 Å². The number of nitrogens with zero attached hydrogens (tertiary/aromatic N) is 1. The molecule has 2 heterocycles. The molecule has 0 aliphatic carbocycles. The molecule has 0 radical (unpaired) electrons. The van der Waals surface area contributed by atoms with Gasteiger partial charge in [0.2, 0.25) is 23.6 Å². The number of aliphatic carboxylic acids is 1. The fourth-order valence-electron chi connectivity index (χ4n) is 4.14. The Labute approximate surface area is 221 Å². The number of imide groups is 1. The van der Waals surface area contributed by atoms with Gasteiger partial charge in [0.15, 0.2) is 0 Å². The lowest BCUT2D eigenvalue weighted by Gasteiger charge is -2.45. The molecule has 4 amide bonds. The smallest absolute Gasteiger partial charge is 0.327 e. The minimum absolute atomic E-state index is 0. The summed E-state index contributed by atoms with van der Waals surface area (Å²) in [4.78, 5) is 62.7. The third kappa shape index (κ3) is 7.16. The lowest BCUT2D eigenvalue weighted by Crippen LogP contribution is -2.70. The third-order valence-electron chi connectivity index (χ3n) is 5.83. The van der Waals surface area contributed by atoms with Gasteiger partial charge in [0.05, 0.1) is 12.5 Å². The molecule has 0 spiro atoms. The van der Waals surface area contributed by atoms with E-state index >= 15 is 0 Å². The number of carbonyl (C=O) groups is 5. The van der Waals surface area contributed by atoms with Gasteiger partial charge in [0.1, 0.15) is 29.2 Å². The highest BCUT2D eigenvalue weighted by Gasteiger charge is 2.64. The number of aromatic hydroxyl groups is 1. The monoisotopic (exact) mass is 565 g/mol. The molecule has 216 valence electrons. The topological polar surface area (TPSA) is 317 Å². The van der Waals surface area contributed by atoms with Crippen LogP contribution in [-0.4, -0.2) is 102 Å². The van der Waals surface area contributed by atoms with Crippen molar-refractivity contribution in [3.63, 3.8) is 0 Å². The average molecular weight is 566 g/mol. The van der Waals surface area contributed by atoms with Crippen LogP contribution in [-0.2, 0) is 24.0 Å². The molecule has 1 aromatic carbocycles. The largest absolute Gasteiger partial charge is 0.508 e. The molecule has 2 fully saturated rings. The van der Waals surface area contributed by atoms with Crippen LogP contribution in [0.3, 0.4) is 0 Å². The molecule has 5 atom stereocenters. The van der Waals surface area contributed by atoms with Crippen molar-refractivity contribution in [3.8, 4) is 5.75 Å². The van der Waals surface area contributed by atoms with Crippen LogP contribution in [0.4, 0.5) is 0 Å². The van der Waals surface area contributed by atoms with Crippen LogP contribution in [0.2, 0.25) is 0 Å². The van der Waals surface area contributed by atoms with Gasteiger partial charge in [0, 0.05) is 4.75 Å². The predicted octanol–water partition coefficient (Wildman–Crippen LogP) is -4.65. The van der Waals surface area contributed by atoms with Gasteiger partial charge < -0.3 is 48.1 Å². The number of likely N-dealkylation sites (N-methyl/N-ethyl adjacent to an activating group) is 1. The molecule has 38 heavy (non-hydrogen) atoms. The van der Waals surface area contributed by atoms with E-state index in [0.717, 1.165) is 0 Å². The zero-order valence-electron chi connectivity index (χ0n) is 20.8. The van der Waals surface area contributed by atoms with Gasteiger partial charge in [-0.1, -0.05) is 12.1 Å². The number of carbonyl (C=O) groups excluding carboxylic acids is 4. The molecule has 0 saturated carbocycles. The van der Waals surface area contributed by atoms with Crippen LogP contribution in [0.25, 0.3) is 0 Å². The Morgan fingerprint density at radius 2 is 1.63 bits per heavy atom. The highest BCUT2D eigenvalue weighted by molar-refractivity contribution is 8.01. The first-order chi connectivity index (χ1) is 15.9. The minimum Gasteiger partial charge on any atom is -0.508 e. The van der Waals surface area contributed by atoms with Gasteiger partial charge >= 0.3 is 5.97 Å². The lowest BCUT2D eigenvalue weighted by atomic mass is 9.95. The number of nitrogens with two attached hydrogens (primary N) is 1. The summed E-state index contributed by atoms with van der Waals surface area (Å²) in [6.45, 7) is 3.47. The number of primary amides is 1. The highest BCUT2D eigenvalue weighted by atomic mass is 32.2. The van der Waals surface area contributed by atoms with E-state index in [1.165, 1.54) is 48.0 Å². The number of thioether (sulfide) groups is 1. The molecule has 15 N–H and O–H groups in total. The molecule has 1 aromatic rings. The van der Waals surface area contributed by atoms with Crippen molar-refractivity contribution >= 4 is 41.4 Å². The number of β-lactam (4-membered cyclic amide) rings is 1. The number of fused-ring (bicyclic) bond motifs is 1. The number of carboxylic acid groups (broad SMARTS) is 1. The summed E-state index contributed by atoms with van der Waals surface area (Å²) in [7, 11) is 1.44. The van der Waals surface area contributed by atoms with E-state index in [-0.39, 0.29) is 34.1 Å². The Morgan fingerprint density at radius 1 is 1.08 bits per heavy atom. The second-order valence-electron chi connectivity index (χ2n) is 8.63. The number of amides is 4. The first-order valence-electron chi connectivity index (χ1n) is 10.5. The number of phenolic OH excluding ortho intramolecular Hbond substituents is 1. The van der Waals surface area contributed by atoms with Crippen LogP contribution in [0.15, 0.2) is 24.3 Å². The zero-order chi connectivity index (χ0) is 25.4. The number of carboxylic acids is 1. The van der Waals surface area contributed by atoms with Crippen molar-refractivity contribution in [1.82, 2.24) is 20.9 Å². The van der Waals surface area contributed by atoms with E-state index in [9.17, 15) is 34.2 Å². The zero-order valence-corrected chi connectivity index (χ0v) is 21.6. The summed E-state index contributed by atoms with van der Waals surface area (Å²) in [5.41, 5.74) is 5.51. The minimum atomic E-state index is -1.18. The fourth-order valence-corrected chi connectivity index (χ4v) is 5.78. The molecule has 1 unspecified atom stereocenters. The van der Waals surface area contributed by atoms with Crippen LogP contribution in [0.5, 0.6) is 5.75 Å². The summed E-state index contributed by atoms with van der Waals surface area (Å²) in [6.07, 6.45) is -0.326. The van der Waals surface area contributed by atoms with Gasteiger partial charge in [-0.25, -0.2) is 4.79 Å². The number of phenols is 1. The first kappa shape index (κ1) is 36.8. The maximum atomic E-state index is 13.1. The average Bonchev–Trinajstić information content (AvgIpc) is 3.01. The summed E-state index contributed by atoms with van der Waals surface area (Å²) in [5, 5.41) is 26.5. The Balaban J connectivity index is 0. The molecule has 2 aliphatic rings. The van der Waals surface area contributed by atoms with Gasteiger partial charge in [-0.05, 0) is 38.6 Å². The molecule has 16 nitrogen and oxygen atoms in total. The Hall–Kier alpha value is -3.32. The molecule has 0 bridgehead atoms. The second-order valence-corrected chi connectivity index (χ2v) is 10.4. The molecular weight excluding hydrogens is 530 g/mol. The van der Waals surface area contributed by atoms with Crippen molar-refractivity contribution < 1.29 is 56.1 Å². The number of rotatable bonds is 9. The fraction of sp³-hybridized carbons (Fsp3) is 0.476. The molecule has 2 aliphatic heterocycles. The van der Waals surface area contributed by atoms with E-state index in [0.29, 0.717) is 5.56 Å².